The highest BCUT2D eigenvalue weighted by atomic mass is 32.2. The third-order valence-corrected chi connectivity index (χ3v) is 5.51. The van der Waals surface area contributed by atoms with E-state index in [0.29, 0.717) is 12.1 Å². The first kappa shape index (κ1) is 17.3. The summed E-state index contributed by atoms with van der Waals surface area (Å²) in [6.45, 7) is 5.66. The zero-order chi connectivity index (χ0) is 15.8. The number of aryl methyl sites for hydroxylation is 1. The Morgan fingerprint density at radius 3 is 2.41 bits per heavy atom. The van der Waals surface area contributed by atoms with Crippen molar-refractivity contribution in [2.24, 2.45) is 0 Å². The fraction of sp³-hybridized carbons (Fsp3) is 0.647. The summed E-state index contributed by atoms with van der Waals surface area (Å²) in [7, 11) is -3.19. The van der Waals surface area contributed by atoms with Crippen LogP contribution in [0.2, 0.25) is 0 Å². The van der Waals surface area contributed by atoms with Crippen LogP contribution in [0, 0.1) is 0 Å². The zero-order valence-electron chi connectivity index (χ0n) is 13.6. The van der Waals surface area contributed by atoms with Crippen LogP contribution in [0.4, 0.5) is 5.69 Å². The molecule has 5 heteroatoms. The quantitative estimate of drug-likeness (QED) is 0.758. The molecule has 0 aromatic heterocycles. The Morgan fingerprint density at radius 1 is 1.09 bits per heavy atom. The van der Waals surface area contributed by atoms with Gasteiger partial charge in [0.1, 0.15) is 0 Å². The minimum absolute atomic E-state index is 0.196. The summed E-state index contributed by atoms with van der Waals surface area (Å²) in [5.74, 6) is 0.196. The maximum Gasteiger partial charge on any atom is 0.232 e. The van der Waals surface area contributed by atoms with Gasteiger partial charge in [0.2, 0.25) is 10.0 Å². The van der Waals surface area contributed by atoms with E-state index in [2.05, 4.69) is 9.62 Å². The zero-order valence-corrected chi connectivity index (χ0v) is 14.4. The molecule has 0 unspecified atom stereocenters. The Hall–Kier alpha value is -1.07. The van der Waals surface area contributed by atoms with E-state index in [9.17, 15) is 8.42 Å². The van der Waals surface area contributed by atoms with Gasteiger partial charge in [-0.2, -0.15) is 0 Å². The topological polar surface area (TPSA) is 49.4 Å². The van der Waals surface area contributed by atoms with Crippen molar-refractivity contribution in [1.82, 2.24) is 4.90 Å². The van der Waals surface area contributed by atoms with Crippen LogP contribution in [-0.2, 0) is 16.4 Å². The summed E-state index contributed by atoms with van der Waals surface area (Å²) < 4.78 is 26.3. The van der Waals surface area contributed by atoms with Gasteiger partial charge in [-0.25, -0.2) is 8.42 Å². The monoisotopic (exact) mass is 324 g/mol. The Kier molecular flexibility index (Phi) is 6.70. The largest absolute Gasteiger partial charge is 0.303 e. The highest BCUT2D eigenvalue weighted by molar-refractivity contribution is 7.92. The van der Waals surface area contributed by atoms with Gasteiger partial charge in [0, 0.05) is 5.69 Å². The summed E-state index contributed by atoms with van der Waals surface area (Å²) in [6, 6.07) is 7.80. The van der Waals surface area contributed by atoms with Gasteiger partial charge in [-0.3, -0.25) is 4.72 Å². The van der Waals surface area contributed by atoms with Crippen molar-refractivity contribution in [1.29, 1.82) is 0 Å². The number of nitrogens with one attached hydrogen (secondary N) is 1. The molecule has 1 saturated heterocycles. The number of rotatable bonds is 9. The number of sulfonamides is 1. The van der Waals surface area contributed by atoms with Crippen LogP contribution >= 0.6 is 0 Å². The molecule has 1 fully saturated rings. The summed E-state index contributed by atoms with van der Waals surface area (Å²) in [5, 5.41) is 0. The van der Waals surface area contributed by atoms with E-state index in [4.69, 9.17) is 0 Å². The van der Waals surface area contributed by atoms with E-state index >= 15 is 0 Å². The number of benzene rings is 1. The second kappa shape index (κ2) is 8.53. The maximum atomic E-state index is 11.8. The molecular weight excluding hydrogens is 296 g/mol. The van der Waals surface area contributed by atoms with E-state index in [1.807, 2.05) is 31.2 Å². The standard InChI is InChI=1S/C17H28N2O2S/c1-2-3-15-22(20,21)18-17-10-8-16(9-11-17)7-6-14-19-12-4-5-13-19/h8-11,18H,2-7,12-15H2,1H3. The van der Waals surface area contributed by atoms with Crippen molar-refractivity contribution in [3.8, 4) is 0 Å². The fourth-order valence-electron chi connectivity index (χ4n) is 2.82. The molecule has 1 aliphatic rings. The molecule has 1 heterocycles. The minimum atomic E-state index is -3.19. The van der Waals surface area contributed by atoms with E-state index in [0.717, 1.165) is 12.8 Å². The van der Waals surface area contributed by atoms with Crippen molar-refractivity contribution < 1.29 is 8.42 Å². The van der Waals surface area contributed by atoms with Gasteiger partial charge in [-0.05, 0) is 69.4 Å². The Balaban J connectivity index is 1.77. The molecule has 0 spiro atoms. The van der Waals surface area contributed by atoms with Gasteiger partial charge in [0.05, 0.1) is 5.75 Å². The Labute approximate surface area is 135 Å². The lowest BCUT2D eigenvalue weighted by atomic mass is 10.1. The Bertz CT molecular complexity index is 534. The van der Waals surface area contributed by atoms with E-state index in [1.165, 1.54) is 44.5 Å². The lowest BCUT2D eigenvalue weighted by Gasteiger charge is -2.14. The van der Waals surface area contributed by atoms with Gasteiger partial charge in [-0.15, -0.1) is 0 Å². The fourth-order valence-corrected chi connectivity index (χ4v) is 4.08. The third kappa shape index (κ3) is 5.97. The number of anilines is 1. The molecule has 2 rings (SSSR count). The van der Waals surface area contributed by atoms with E-state index < -0.39 is 10.0 Å². The van der Waals surface area contributed by atoms with Crippen molar-refractivity contribution in [3.05, 3.63) is 29.8 Å². The molecule has 124 valence electrons. The minimum Gasteiger partial charge on any atom is -0.303 e. The van der Waals surface area contributed by atoms with Crippen molar-refractivity contribution in [2.75, 3.05) is 30.1 Å². The van der Waals surface area contributed by atoms with Crippen LogP contribution in [0.5, 0.6) is 0 Å². The lowest BCUT2D eigenvalue weighted by Crippen LogP contribution is -2.20. The van der Waals surface area contributed by atoms with Crippen molar-refractivity contribution in [2.45, 2.75) is 45.4 Å². The molecule has 0 saturated carbocycles. The molecule has 1 N–H and O–H groups in total. The molecule has 1 aromatic rings. The summed E-state index contributed by atoms with van der Waals surface area (Å²) in [5.41, 5.74) is 1.94. The molecule has 0 amide bonds. The van der Waals surface area contributed by atoms with E-state index in [-0.39, 0.29) is 5.75 Å². The molecule has 0 atom stereocenters. The highest BCUT2D eigenvalue weighted by Crippen LogP contribution is 2.14. The molecule has 22 heavy (non-hydrogen) atoms. The first-order valence-corrected chi connectivity index (χ1v) is 10.1. The average Bonchev–Trinajstić information content (AvgIpc) is 3.00. The number of nitrogens with zero attached hydrogens (tertiary/aromatic N) is 1. The van der Waals surface area contributed by atoms with Crippen LogP contribution in [0.1, 0.15) is 44.6 Å². The van der Waals surface area contributed by atoms with Crippen LogP contribution in [-0.4, -0.2) is 38.7 Å². The molecule has 4 nitrogen and oxygen atoms in total. The predicted molar refractivity (Wildman–Crippen MR) is 92.8 cm³/mol. The summed E-state index contributed by atoms with van der Waals surface area (Å²) in [4.78, 5) is 2.52. The second-order valence-corrected chi connectivity index (χ2v) is 7.97. The smallest absolute Gasteiger partial charge is 0.232 e. The van der Waals surface area contributed by atoms with Crippen molar-refractivity contribution >= 4 is 15.7 Å². The van der Waals surface area contributed by atoms with Gasteiger partial charge in [0.15, 0.2) is 0 Å². The predicted octanol–water partition coefficient (Wildman–Crippen LogP) is 3.26. The third-order valence-electron chi connectivity index (χ3n) is 4.13. The van der Waals surface area contributed by atoms with Gasteiger partial charge in [-0.1, -0.05) is 25.5 Å². The SMILES string of the molecule is CCCCS(=O)(=O)Nc1ccc(CCCN2CCCC2)cc1. The van der Waals surface area contributed by atoms with Crippen LogP contribution < -0.4 is 4.72 Å². The lowest BCUT2D eigenvalue weighted by molar-refractivity contribution is 0.334. The van der Waals surface area contributed by atoms with Crippen LogP contribution in [0.25, 0.3) is 0 Å². The van der Waals surface area contributed by atoms with E-state index in [1.54, 1.807) is 0 Å². The molecule has 1 aromatic carbocycles. The maximum absolute atomic E-state index is 11.8. The summed E-state index contributed by atoms with van der Waals surface area (Å²) in [6.07, 6.45) is 6.49. The van der Waals surface area contributed by atoms with Crippen LogP contribution in [0.3, 0.4) is 0 Å². The molecule has 0 aliphatic carbocycles. The molecule has 0 bridgehead atoms. The number of likely N-dealkylation sites (tertiary alicyclic amines) is 1. The van der Waals surface area contributed by atoms with Crippen molar-refractivity contribution in [3.63, 3.8) is 0 Å². The highest BCUT2D eigenvalue weighted by Gasteiger charge is 2.11. The normalized spacial score (nSPS) is 16.0. The van der Waals surface area contributed by atoms with Gasteiger partial charge >= 0.3 is 0 Å². The van der Waals surface area contributed by atoms with Gasteiger partial charge < -0.3 is 4.90 Å². The first-order valence-electron chi connectivity index (χ1n) is 8.41. The molecular formula is C17H28N2O2S. The Morgan fingerprint density at radius 2 is 1.77 bits per heavy atom. The number of hydrogen-bond acceptors (Lipinski definition) is 3. The average molecular weight is 324 g/mol. The number of unbranched alkanes of at least 4 members (excludes halogenated alkanes) is 1. The number of hydrogen-bond donors (Lipinski definition) is 1. The van der Waals surface area contributed by atoms with Gasteiger partial charge in [0.25, 0.3) is 0 Å². The first-order chi connectivity index (χ1) is 10.6. The molecule has 0 radical (unpaired) electrons. The summed E-state index contributed by atoms with van der Waals surface area (Å²) >= 11 is 0. The van der Waals surface area contributed by atoms with Crippen LogP contribution in [0.15, 0.2) is 24.3 Å². The molecule has 1 aliphatic heterocycles. The second-order valence-electron chi connectivity index (χ2n) is 6.12.